The molecule has 2 aromatic rings. The Hall–Kier alpha value is -0.821. The zero-order valence-corrected chi connectivity index (χ0v) is 15.9. The molecule has 0 N–H and O–H groups in total. The fourth-order valence-corrected chi connectivity index (χ4v) is 5.51. The molecular formula is C16H14O2Te2. The first-order chi connectivity index (χ1) is 9.81. The Labute approximate surface area is 140 Å². The van der Waals surface area contributed by atoms with E-state index in [2.05, 4.69) is 32.2 Å². The molecule has 0 amide bonds. The van der Waals surface area contributed by atoms with E-state index < -0.39 is 41.8 Å². The Bertz CT molecular complexity index is 542. The van der Waals surface area contributed by atoms with E-state index in [1.807, 2.05) is 24.3 Å². The monoisotopic (exact) mass is 498 g/mol. The summed E-state index contributed by atoms with van der Waals surface area (Å²) in [6.45, 7) is 0. The van der Waals surface area contributed by atoms with E-state index >= 15 is 0 Å². The van der Waals surface area contributed by atoms with Crippen molar-refractivity contribution in [3.63, 3.8) is 0 Å². The van der Waals surface area contributed by atoms with Gasteiger partial charge in [-0.25, -0.2) is 0 Å². The molecule has 0 aromatic heterocycles. The van der Waals surface area contributed by atoms with E-state index in [0.29, 0.717) is 0 Å². The summed E-state index contributed by atoms with van der Waals surface area (Å²) in [4.78, 5) is 0. The third-order valence-corrected chi connectivity index (χ3v) is 7.81. The average molecular weight is 493 g/mol. The molecule has 0 aliphatic rings. The topological polar surface area (TPSA) is 18.5 Å². The molecule has 102 valence electrons. The summed E-state index contributed by atoms with van der Waals surface area (Å²) in [6.07, 6.45) is 0. The zero-order chi connectivity index (χ0) is 14.2. The molecule has 2 rings (SSSR count). The molecule has 0 aliphatic heterocycles. The van der Waals surface area contributed by atoms with Crippen LogP contribution in [0.3, 0.4) is 0 Å². The van der Waals surface area contributed by atoms with Gasteiger partial charge in [0, 0.05) is 0 Å². The fourth-order valence-electron chi connectivity index (χ4n) is 1.45. The van der Waals surface area contributed by atoms with Gasteiger partial charge in [-0.3, -0.25) is 0 Å². The van der Waals surface area contributed by atoms with Crippen LogP contribution in [-0.4, -0.2) is 56.1 Å². The molecule has 0 aliphatic carbocycles. The van der Waals surface area contributed by atoms with Gasteiger partial charge in [-0.05, 0) is 0 Å². The number of hydrogen-bond donors (Lipinski definition) is 0. The molecule has 2 nitrogen and oxygen atoms in total. The van der Waals surface area contributed by atoms with Crippen LogP contribution >= 0.6 is 0 Å². The van der Waals surface area contributed by atoms with E-state index in [1.54, 1.807) is 14.2 Å². The molecule has 20 heavy (non-hydrogen) atoms. The Morgan fingerprint density at radius 2 is 1.00 bits per heavy atom. The molecule has 0 heterocycles. The molecule has 0 saturated carbocycles. The minimum absolute atomic E-state index is 0.391. The normalized spacial score (nSPS) is 9.50. The van der Waals surface area contributed by atoms with Crippen molar-refractivity contribution in [1.82, 2.24) is 0 Å². The summed E-state index contributed by atoms with van der Waals surface area (Å²) >= 11 is -0.782. The maximum atomic E-state index is 5.15. The van der Waals surface area contributed by atoms with Crippen molar-refractivity contribution in [2.24, 2.45) is 0 Å². The van der Waals surface area contributed by atoms with E-state index in [-0.39, 0.29) is 0 Å². The molecule has 0 unspecified atom stereocenters. The Morgan fingerprint density at radius 3 is 1.30 bits per heavy atom. The summed E-state index contributed by atoms with van der Waals surface area (Å²) in [7, 11) is 3.37. The van der Waals surface area contributed by atoms with Crippen molar-refractivity contribution in [2.75, 3.05) is 14.2 Å². The van der Waals surface area contributed by atoms with Crippen molar-refractivity contribution in [1.29, 1.82) is 0 Å². The summed E-state index contributed by atoms with van der Waals surface area (Å²) in [6, 6.07) is 16.5. The molecule has 4 heteroatoms. The zero-order valence-electron chi connectivity index (χ0n) is 11.3. The van der Waals surface area contributed by atoms with Gasteiger partial charge >= 0.3 is 141 Å². The average Bonchev–Trinajstić information content (AvgIpc) is 2.53. The van der Waals surface area contributed by atoms with Crippen molar-refractivity contribution < 1.29 is 9.47 Å². The predicted molar refractivity (Wildman–Crippen MR) is 84.5 cm³/mol. The van der Waals surface area contributed by atoms with Gasteiger partial charge in [-0.1, -0.05) is 0 Å². The maximum absolute atomic E-state index is 5.15. The number of benzene rings is 2. The summed E-state index contributed by atoms with van der Waals surface area (Å²) < 4.78 is 19.8. The molecule has 0 saturated heterocycles. The Balaban J connectivity index is 1.87. The van der Waals surface area contributed by atoms with Gasteiger partial charge in [0.25, 0.3) is 0 Å². The van der Waals surface area contributed by atoms with Crippen LogP contribution in [0.15, 0.2) is 48.5 Å². The van der Waals surface area contributed by atoms with Gasteiger partial charge < -0.3 is 0 Å². The second kappa shape index (κ2) is 8.46. The number of methoxy groups -OCH3 is 2. The van der Waals surface area contributed by atoms with Gasteiger partial charge in [-0.2, -0.15) is 0 Å². The van der Waals surface area contributed by atoms with Crippen LogP contribution in [0.25, 0.3) is 0 Å². The van der Waals surface area contributed by atoms with E-state index in [1.165, 1.54) is 7.22 Å². The molecule has 0 bridgehead atoms. The fraction of sp³-hybridized carbons (Fsp3) is 0.125. The quantitative estimate of drug-likeness (QED) is 0.467. The molecule has 0 radical (unpaired) electrons. The van der Waals surface area contributed by atoms with Gasteiger partial charge in [0.1, 0.15) is 0 Å². The van der Waals surface area contributed by atoms with E-state index in [9.17, 15) is 0 Å². The molecule has 0 atom stereocenters. The van der Waals surface area contributed by atoms with Crippen LogP contribution in [0, 0.1) is 7.94 Å². The number of ether oxygens (including phenoxy) is 2. The van der Waals surface area contributed by atoms with E-state index in [4.69, 9.17) is 9.47 Å². The van der Waals surface area contributed by atoms with Crippen LogP contribution in [-0.2, 0) is 0 Å². The Kier molecular flexibility index (Phi) is 6.59. The van der Waals surface area contributed by atoms with Crippen molar-refractivity contribution in [3.8, 4) is 19.4 Å². The van der Waals surface area contributed by atoms with Crippen LogP contribution in [0.5, 0.6) is 11.5 Å². The number of hydrogen-bond acceptors (Lipinski definition) is 2. The summed E-state index contributed by atoms with van der Waals surface area (Å²) in [5.41, 5.74) is 0. The van der Waals surface area contributed by atoms with E-state index in [0.717, 1.165) is 11.5 Å². The predicted octanol–water partition coefficient (Wildman–Crippen LogP) is 0.981. The van der Waals surface area contributed by atoms with Gasteiger partial charge in [-0.15, -0.1) is 0 Å². The van der Waals surface area contributed by atoms with Crippen LogP contribution < -0.4 is 16.7 Å². The molecule has 2 aromatic carbocycles. The van der Waals surface area contributed by atoms with Gasteiger partial charge in [0.2, 0.25) is 0 Å². The van der Waals surface area contributed by atoms with Crippen LogP contribution in [0.4, 0.5) is 0 Å². The van der Waals surface area contributed by atoms with Gasteiger partial charge in [0.15, 0.2) is 0 Å². The second-order valence-corrected chi connectivity index (χ2v) is 8.78. The first-order valence-electron chi connectivity index (χ1n) is 5.93. The van der Waals surface area contributed by atoms with Crippen LogP contribution in [0.2, 0.25) is 0 Å². The van der Waals surface area contributed by atoms with Crippen molar-refractivity contribution in [2.45, 2.75) is 0 Å². The third-order valence-electron chi connectivity index (χ3n) is 2.50. The summed E-state index contributed by atoms with van der Waals surface area (Å²) in [5, 5.41) is 0. The van der Waals surface area contributed by atoms with Gasteiger partial charge in [0.05, 0.1) is 0 Å². The SMILES string of the molecule is COc1ccc([Te]C#C[Te]c2ccc(OC)cc2)cc1. The molecule has 0 spiro atoms. The number of rotatable bonds is 4. The summed E-state index contributed by atoms with van der Waals surface area (Å²) in [5.74, 6) is 1.81. The third kappa shape index (κ3) is 4.94. The standard InChI is InChI=1S/C16H14O2Te2/c1-17-13-3-7-15(8-4-13)19-11-12-20-16-9-5-14(18-2)6-10-16/h3-10H,1-2H3. The second-order valence-electron chi connectivity index (χ2n) is 3.76. The van der Waals surface area contributed by atoms with Crippen molar-refractivity contribution in [3.05, 3.63) is 48.5 Å². The van der Waals surface area contributed by atoms with Crippen molar-refractivity contribution >= 4 is 49.1 Å². The first-order valence-corrected chi connectivity index (χ1v) is 10.6. The molecule has 0 fully saturated rings. The molecular weight excluding hydrogens is 479 g/mol. The Morgan fingerprint density at radius 1 is 0.650 bits per heavy atom. The van der Waals surface area contributed by atoms with Crippen LogP contribution in [0.1, 0.15) is 0 Å². The minimum atomic E-state index is -0.391. The first kappa shape index (κ1) is 15.6.